The fourth-order valence-corrected chi connectivity index (χ4v) is 5.26. The average Bonchev–Trinajstić information content (AvgIpc) is 3.33. The van der Waals surface area contributed by atoms with Gasteiger partial charge in [0.15, 0.2) is 0 Å². The minimum atomic E-state index is -0.690. The lowest BCUT2D eigenvalue weighted by Gasteiger charge is -2.36. The van der Waals surface area contributed by atoms with Crippen LogP contribution in [0.15, 0.2) is 71.7 Å². The Labute approximate surface area is 238 Å². The first-order valence-electron chi connectivity index (χ1n) is 13.8. The second-order valence-electron chi connectivity index (χ2n) is 11.3. The molecule has 0 radical (unpaired) electrons. The lowest BCUT2D eigenvalue weighted by Crippen LogP contribution is -2.55. The number of hydrogen-bond acceptors (Lipinski definition) is 4. The van der Waals surface area contributed by atoms with Gasteiger partial charge in [-0.25, -0.2) is 13.6 Å². The molecule has 2 aliphatic heterocycles. The molecule has 0 aromatic heterocycles. The predicted molar refractivity (Wildman–Crippen MR) is 153 cm³/mol. The number of hydrogen-bond donors (Lipinski definition) is 1. The van der Waals surface area contributed by atoms with Gasteiger partial charge in [0.25, 0.3) is 0 Å². The van der Waals surface area contributed by atoms with Crippen LogP contribution in [-0.2, 0) is 10.2 Å². The summed E-state index contributed by atoms with van der Waals surface area (Å²) in [4.78, 5) is 34.7. The maximum atomic E-state index is 14.3. The molecule has 0 bridgehead atoms. The molecule has 2 aliphatic rings. The summed E-state index contributed by atoms with van der Waals surface area (Å²) in [5, 5.41) is 2.76. The average molecular weight is 561 g/mol. The number of nitrogens with one attached hydrogen (secondary N) is 1. The van der Waals surface area contributed by atoms with Gasteiger partial charge in [-0.1, -0.05) is 51.1 Å². The molecular weight excluding hydrogens is 526 g/mol. The number of amidine groups is 1. The fraction of sp³-hybridized carbons (Fsp3) is 0.344. The Kier molecular flexibility index (Phi) is 7.80. The van der Waals surface area contributed by atoms with E-state index in [9.17, 15) is 18.4 Å². The van der Waals surface area contributed by atoms with Crippen LogP contribution in [0, 0.1) is 11.6 Å². The van der Waals surface area contributed by atoms with Gasteiger partial charge in [0.1, 0.15) is 35.8 Å². The molecule has 41 heavy (non-hydrogen) atoms. The Hall–Kier alpha value is -4.27. The lowest BCUT2D eigenvalue weighted by molar-refractivity contribution is -0.123. The molecule has 3 amide bonds. The molecule has 0 saturated carbocycles. The van der Waals surface area contributed by atoms with Crippen LogP contribution in [0.2, 0.25) is 0 Å². The van der Waals surface area contributed by atoms with Crippen molar-refractivity contribution in [2.45, 2.75) is 45.2 Å². The fourth-order valence-electron chi connectivity index (χ4n) is 5.26. The highest BCUT2D eigenvalue weighted by Gasteiger charge is 2.45. The number of carbonyl (C=O) groups is 2. The van der Waals surface area contributed by atoms with Crippen LogP contribution >= 0.6 is 0 Å². The zero-order valence-corrected chi connectivity index (χ0v) is 23.7. The first-order valence-corrected chi connectivity index (χ1v) is 13.8. The molecule has 3 aromatic carbocycles. The molecule has 214 valence electrons. The Bertz CT molecular complexity index is 1470. The summed E-state index contributed by atoms with van der Waals surface area (Å²) in [5.41, 5.74) is 2.87. The molecule has 5 rings (SSSR count). The van der Waals surface area contributed by atoms with Gasteiger partial charge in [0, 0.05) is 13.1 Å². The SMILES string of the molecule is CCOc1cc(C(C)(C)C)ccc1C1=NC(c2ccc(F)cc2)C(c2ccc(F)cc2)N1C(=O)N1CCNC(=O)C1. The molecule has 1 fully saturated rings. The van der Waals surface area contributed by atoms with Crippen LogP contribution < -0.4 is 10.1 Å². The third-order valence-corrected chi connectivity index (χ3v) is 7.39. The Balaban J connectivity index is 1.71. The van der Waals surface area contributed by atoms with E-state index >= 15 is 0 Å². The lowest BCUT2D eigenvalue weighted by atomic mass is 9.86. The summed E-state index contributed by atoms with van der Waals surface area (Å²) in [6.45, 7) is 9.18. The van der Waals surface area contributed by atoms with E-state index in [1.54, 1.807) is 29.2 Å². The molecule has 9 heteroatoms. The Morgan fingerprint density at radius 2 is 1.63 bits per heavy atom. The topological polar surface area (TPSA) is 74.2 Å². The molecule has 7 nitrogen and oxygen atoms in total. The minimum Gasteiger partial charge on any atom is -0.493 e. The third kappa shape index (κ3) is 5.80. The van der Waals surface area contributed by atoms with Gasteiger partial charge >= 0.3 is 6.03 Å². The molecular formula is C32H34F2N4O3. The van der Waals surface area contributed by atoms with Crippen LogP contribution in [0.3, 0.4) is 0 Å². The number of halogens is 2. The normalized spacial score (nSPS) is 19.2. The predicted octanol–water partition coefficient (Wildman–Crippen LogP) is 5.76. The van der Waals surface area contributed by atoms with Crippen molar-refractivity contribution in [1.29, 1.82) is 0 Å². The number of nitrogens with zero attached hydrogens (tertiary/aromatic N) is 3. The van der Waals surface area contributed by atoms with E-state index in [1.807, 2.05) is 25.1 Å². The van der Waals surface area contributed by atoms with Crippen molar-refractivity contribution in [2.75, 3.05) is 26.2 Å². The van der Waals surface area contributed by atoms with Gasteiger partial charge < -0.3 is 15.0 Å². The number of benzene rings is 3. The van der Waals surface area contributed by atoms with Gasteiger partial charge in [-0.2, -0.15) is 0 Å². The number of ether oxygens (including phenoxy) is 1. The summed E-state index contributed by atoms with van der Waals surface area (Å²) >= 11 is 0. The quantitative estimate of drug-likeness (QED) is 0.432. The molecule has 0 spiro atoms. The summed E-state index contributed by atoms with van der Waals surface area (Å²) in [6.07, 6.45) is 0. The summed E-state index contributed by atoms with van der Waals surface area (Å²) in [7, 11) is 0. The van der Waals surface area contributed by atoms with Gasteiger partial charge in [0.2, 0.25) is 5.91 Å². The van der Waals surface area contributed by atoms with Crippen molar-refractivity contribution in [3.63, 3.8) is 0 Å². The molecule has 2 unspecified atom stereocenters. The smallest absolute Gasteiger partial charge is 0.326 e. The van der Waals surface area contributed by atoms with Crippen molar-refractivity contribution in [3.8, 4) is 5.75 Å². The molecule has 1 N–H and O–H groups in total. The van der Waals surface area contributed by atoms with Gasteiger partial charge in [-0.15, -0.1) is 0 Å². The maximum Gasteiger partial charge on any atom is 0.326 e. The van der Waals surface area contributed by atoms with Crippen molar-refractivity contribution in [2.24, 2.45) is 4.99 Å². The zero-order valence-electron chi connectivity index (χ0n) is 23.7. The van der Waals surface area contributed by atoms with E-state index < -0.39 is 29.7 Å². The van der Waals surface area contributed by atoms with E-state index in [1.165, 1.54) is 29.2 Å². The Morgan fingerprint density at radius 3 is 2.22 bits per heavy atom. The monoisotopic (exact) mass is 560 g/mol. The van der Waals surface area contributed by atoms with Crippen LogP contribution in [0.1, 0.15) is 62.0 Å². The van der Waals surface area contributed by atoms with Crippen molar-refractivity contribution in [1.82, 2.24) is 15.1 Å². The maximum absolute atomic E-state index is 14.3. The zero-order chi connectivity index (χ0) is 29.3. The highest BCUT2D eigenvalue weighted by atomic mass is 19.1. The van der Waals surface area contributed by atoms with E-state index in [-0.39, 0.29) is 17.9 Å². The third-order valence-electron chi connectivity index (χ3n) is 7.39. The molecule has 3 aromatic rings. The molecule has 0 aliphatic carbocycles. The van der Waals surface area contributed by atoms with Crippen LogP contribution in [0.5, 0.6) is 5.75 Å². The number of urea groups is 1. The van der Waals surface area contributed by atoms with Crippen LogP contribution in [0.25, 0.3) is 0 Å². The number of carbonyl (C=O) groups excluding carboxylic acids is 2. The molecule has 2 atom stereocenters. The summed E-state index contributed by atoms with van der Waals surface area (Å²) in [6, 6.07) is 16.1. The van der Waals surface area contributed by atoms with Crippen molar-refractivity contribution >= 4 is 17.8 Å². The van der Waals surface area contributed by atoms with E-state index in [4.69, 9.17) is 9.73 Å². The largest absolute Gasteiger partial charge is 0.493 e. The first-order chi connectivity index (χ1) is 19.6. The first kappa shape index (κ1) is 28.3. The second kappa shape index (κ2) is 11.3. The molecule has 2 heterocycles. The van der Waals surface area contributed by atoms with E-state index in [0.29, 0.717) is 48.0 Å². The molecule has 1 saturated heterocycles. The standard InChI is InChI=1S/C32H34F2N4O3/c1-5-41-26-18-22(32(2,3)4)10-15-25(26)30-36-28(20-6-11-23(33)12-7-20)29(21-8-13-24(34)14-9-21)38(30)31(40)37-17-16-35-27(39)19-37/h6-15,18,28-29H,5,16-17,19H2,1-4H3,(H,35,39). The van der Waals surface area contributed by atoms with E-state index in [2.05, 4.69) is 26.1 Å². The number of aliphatic imine (C=N–C) groups is 1. The van der Waals surface area contributed by atoms with Gasteiger partial charge in [-0.3, -0.25) is 14.7 Å². The Morgan fingerprint density at radius 1 is 1.00 bits per heavy atom. The van der Waals surface area contributed by atoms with E-state index in [0.717, 1.165) is 5.56 Å². The number of piperazine rings is 1. The van der Waals surface area contributed by atoms with Gasteiger partial charge in [-0.05, 0) is 65.4 Å². The highest BCUT2D eigenvalue weighted by Crippen LogP contribution is 2.45. The second-order valence-corrected chi connectivity index (χ2v) is 11.3. The highest BCUT2D eigenvalue weighted by molar-refractivity contribution is 6.11. The van der Waals surface area contributed by atoms with Crippen molar-refractivity contribution in [3.05, 3.63) is 101 Å². The van der Waals surface area contributed by atoms with Crippen molar-refractivity contribution < 1.29 is 23.1 Å². The minimum absolute atomic E-state index is 0.0960. The number of amides is 3. The summed E-state index contributed by atoms with van der Waals surface area (Å²) in [5.74, 6) is -0.106. The number of rotatable bonds is 5. The van der Waals surface area contributed by atoms with Crippen LogP contribution in [-0.4, -0.2) is 53.8 Å². The van der Waals surface area contributed by atoms with Crippen LogP contribution in [0.4, 0.5) is 13.6 Å². The summed E-state index contributed by atoms with van der Waals surface area (Å²) < 4.78 is 34.0. The van der Waals surface area contributed by atoms with Gasteiger partial charge in [0.05, 0.1) is 18.2 Å².